The molecule has 35 heavy (non-hydrogen) atoms. The predicted molar refractivity (Wildman–Crippen MR) is 151 cm³/mol. The molecule has 1 aliphatic rings. The molecule has 1 aromatic rings. The van der Waals surface area contributed by atoms with Gasteiger partial charge in [-0.15, -0.1) is 0 Å². The summed E-state index contributed by atoms with van der Waals surface area (Å²) in [7, 11) is 0. The summed E-state index contributed by atoms with van der Waals surface area (Å²) in [5.41, 5.74) is 0.659. The van der Waals surface area contributed by atoms with Gasteiger partial charge in [0.1, 0.15) is 10.8 Å². The lowest BCUT2D eigenvalue weighted by molar-refractivity contribution is 0.0996. The first kappa shape index (κ1) is 29.7. The minimum atomic E-state index is 0.0615. The maximum Gasteiger partial charge on any atom is 0.173 e. The van der Waals surface area contributed by atoms with Crippen molar-refractivity contribution in [3.05, 3.63) is 29.8 Å². The second-order valence-corrected chi connectivity index (χ2v) is 10.7. The van der Waals surface area contributed by atoms with Crippen LogP contribution >= 0.6 is 11.9 Å². The van der Waals surface area contributed by atoms with Crippen LogP contribution in [-0.4, -0.2) is 28.6 Å². The van der Waals surface area contributed by atoms with Gasteiger partial charge in [0.05, 0.1) is 24.6 Å². The number of nitrogens with one attached hydrogen (secondary N) is 1. The number of Topliss-reactive ketones (excluding diaryl/α,β-unsaturated/α-hetero) is 1. The summed E-state index contributed by atoms with van der Waals surface area (Å²) in [6, 6.07) is 7.95. The number of carbonyl (C=O) groups is 1. The summed E-state index contributed by atoms with van der Waals surface area (Å²) in [6.07, 6.45) is 19.7. The maximum atomic E-state index is 13.0. The summed E-state index contributed by atoms with van der Waals surface area (Å²) in [5, 5.41) is 7.32. The third-order valence-electron chi connectivity index (χ3n) is 6.62. The van der Waals surface area contributed by atoms with Crippen LogP contribution in [0.5, 0.6) is 5.75 Å². The summed E-state index contributed by atoms with van der Waals surface area (Å²) < 4.78 is 6.02. The van der Waals surface area contributed by atoms with E-state index in [4.69, 9.17) is 4.74 Å². The van der Waals surface area contributed by atoms with E-state index in [9.17, 15) is 4.79 Å². The molecule has 1 atom stereocenters. The number of hydrazine groups is 1. The molecule has 198 valence electrons. The summed E-state index contributed by atoms with van der Waals surface area (Å²) in [5.74, 6) is 0.761. The van der Waals surface area contributed by atoms with Gasteiger partial charge in [-0.2, -0.15) is 9.93 Å². The Labute approximate surface area is 218 Å². The molecule has 2 rings (SSSR count). The summed E-state index contributed by atoms with van der Waals surface area (Å²) >= 11 is 1.44. The van der Waals surface area contributed by atoms with E-state index in [1.165, 1.54) is 95.4 Å². The predicted octanol–water partition coefficient (Wildman–Crippen LogP) is 8.70. The molecule has 0 saturated heterocycles. The van der Waals surface area contributed by atoms with Crippen molar-refractivity contribution in [1.29, 1.82) is 0 Å². The minimum absolute atomic E-state index is 0.0615. The van der Waals surface area contributed by atoms with Gasteiger partial charge in [0.15, 0.2) is 5.78 Å². The van der Waals surface area contributed by atoms with Crippen molar-refractivity contribution < 1.29 is 9.53 Å². The summed E-state index contributed by atoms with van der Waals surface area (Å²) in [4.78, 5) is 16.2. The number of hydrazone groups is 1. The Balaban J connectivity index is 1.63. The number of benzene rings is 1. The number of hydrogen-bond donors (Lipinski definition) is 1. The monoisotopic (exact) mass is 503 g/mol. The zero-order chi connectivity index (χ0) is 25.1. The number of nitrogens with zero attached hydrogens (tertiary/aromatic N) is 2. The average Bonchev–Trinajstić information content (AvgIpc) is 3.34. The Morgan fingerprint density at radius 2 is 1.51 bits per heavy atom. The molecule has 0 spiro atoms. The first-order valence-electron chi connectivity index (χ1n) is 14.2. The van der Waals surface area contributed by atoms with E-state index in [-0.39, 0.29) is 5.78 Å². The minimum Gasteiger partial charge on any atom is -0.493 e. The van der Waals surface area contributed by atoms with E-state index in [0.717, 1.165) is 17.9 Å². The second kappa shape index (κ2) is 18.7. The highest BCUT2D eigenvalue weighted by atomic mass is 32.2. The molecule has 1 aromatic carbocycles. The fraction of sp³-hybridized carbons (Fsp3) is 0.724. The maximum absolute atomic E-state index is 13.0. The molecule has 0 fully saturated rings. The van der Waals surface area contributed by atoms with Crippen molar-refractivity contribution in [2.45, 2.75) is 130 Å². The number of ether oxygens (including phenoxy) is 1. The quantitative estimate of drug-likeness (QED) is 0.103. The molecule has 1 N–H and O–H groups in total. The van der Waals surface area contributed by atoms with Crippen molar-refractivity contribution in [1.82, 2.24) is 9.95 Å². The van der Waals surface area contributed by atoms with Gasteiger partial charge in [-0.25, -0.2) is 5.12 Å². The summed E-state index contributed by atoms with van der Waals surface area (Å²) in [6.45, 7) is 7.30. The smallest absolute Gasteiger partial charge is 0.173 e. The molecule has 0 radical (unpaired) electrons. The first-order valence-corrected chi connectivity index (χ1v) is 15.0. The lowest BCUT2D eigenvalue weighted by Crippen LogP contribution is -2.33. The highest BCUT2D eigenvalue weighted by Gasteiger charge is 2.23. The molecule has 6 heteroatoms. The molecule has 5 nitrogen and oxygen atoms in total. The van der Waals surface area contributed by atoms with Gasteiger partial charge in [-0.3, -0.25) is 4.79 Å². The van der Waals surface area contributed by atoms with E-state index in [2.05, 4.69) is 30.7 Å². The fourth-order valence-corrected chi connectivity index (χ4v) is 5.07. The van der Waals surface area contributed by atoms with Crippen LogP contribution in [0.4, 0.5) is 0 Å². The van der Waals surface area contributed by atoms with Gasteiger partial charge in [0.2, 0.25) is 0 Å². The van der Waals surface area contributed by atoms with Crippen LogP contribution in [0.1, 0.15) is 134 Å². The van der Waals surface area contributed by atoms with Crippen LogP contribution < -0.4 is 9.57 Å². The zero-order valence-corrected chi connectivity index (χ0v) is 23.3. The molecular formula is C29H49N3O2S. The normalized spacial score (nSPS) is 14.3. The van der Waals surface area contributed by atoms with Gasteiger partial charge < -0.3 is 4.74 Å². The third kappa shape index (κ3) is 12.3. The Kier molecular flexibility index (Phi) is 15.9. The molecule has 0 amide bonds. The molecular weight excluding hydrogens is 454 g/mol. The van der Waals surface area contributed by atoms with Crippen molar-refractivity contribution in [3.8, 4) is 5.75 Å². The van der Waals surface area contributed by atoms with Crippen LogP contribution in [-0.2, 0) is 0 Å². The molecule has 0 aromatic heterocycles. The fourth-order valence-electron chi connectivity index (χ4n) is 4.32. The molecule has 1 unspecified atom stereocenters. The molecule has 0 aliphatic carbocycles. The van der Waals surface area contributed by atoms with Crippen molar-refractivity contribution in [2.24, 2.45) is 5.10 Å². The van der Waals surface area contributed by atoms with E-state index >= 15 is 0 Å². The Bertz CT molecular complexity index is 740. The lowest BCUT2D eigenvalue weighted by Gasteiger charge is -2.20. The first-order chi connectivity index (χ1) is 17.2. The van der Waals surface area contributed by atoms with Crippen molar-refractivity contribution in [3.63, 3.8) is 0 Å². The van der Waals surface area contributed by atoms with Crippen LogP contribution in [0.3, 0.4) is 0 Å². The van der Waals surface area contributed by atoms with Crippen LogP contribution in [0.2, 0.25) is 0 Å². The van der Waals surface area contributed by atoms with E-state index in [1.54, 1.807) is 0 Å². The topological polar surface area (TPSA) is 53.9 Å². The third-order valence-corrected chi connectivity index (χ3v) is 7.36. The van der Waals surface area contributed by atoms with Crippen molar-refractivity contribution in [2.75, 3.05) is 6.61 Å². The largest absolute Gasteiger partial charge is 0.493 e. The standard InChI is InChI=1S/C29H49N3O2S/c1-4-6-8-9-10-11-12-13-14-15-16-19-23-34-28-22-18-17-21-26(28)27(33)24-29-30-32(31-35-29)25(3)20-7-5-2/h17-18,21-22,25,31H,4-16,19-20,23-24H2,1-3H3. The van der Waals surface area contributed by atoms with Gasteiger partial charge in [0.25, 0.3) is 0 Å². The van der Waals surface area contributed by atoms with Crippen LogP contribution in [0.25, 0.3) is 0 Å². The van der Waals surface area contributed by atoms with Gasteiger partial charge >= 0.3 is 0 Å². The number of rotatable bonds is 21. The number of carbonyl (C=O) groups excluding carboxylic acids is 1. The Morgan fingerprint density at radius 3 is 2.17 bits per heavy atom. The molecule has 0 saturated carbocycles. The Hall–Kier alpha value is -1.53. The van der Waals surface area contributed by atoms with E-state index in [1.807, 2.05) is 29.4 Å². The molecule has 0 bridgehead atoms. The van der Waals surface area contributed by atoms with Crippen LogP contribution in [0, 0.1) is 0 Å². The number of unbranched alkanes of at least 4 members (excludes halogenated alkanes) is 12. The highest BCUT2D eigenvalue weighted by molar-refractivity contribution is 8.12. The zero-order valence-electron chi connectivity index (χ0n) is 22.5. The van der Waals surface area contributed by atoms with Crippen molar-refractivity contribution >= 4 is 22.8 Å². The van der Waals surface area contributed by atoms with E-state index < -0.39 is 0 Å². The number of hydrogen-bond acceptors (Lipinski definition) is 6. The number of ketones is 1. The van der Waals surface area contributed by atoms with E-state index in [0.29, 0.717) is 30.4 Å². The second-order valence-electron chi connectivity index (χ2n) is 9.86. The highest BCUT2D eigenvalue weighted by Crippen LogP contribution is 2.24. The molecule has 1 aliphatic heterocycles. The van der Waals surface area contributed by atoms with Gasteiger partial charge in [0, 0.05) is 0 Å². The SMILES string of the molecule is CCCCCCCCCCCCCCOc1ccccc1C(=O)CC1=NN(C(C)CCCC)NS1. The average molecular weight is 504 g/mol. The van der Waals surface area contributed by atoms with Gasteiger partial charge in [-0.1, -0.05) is 109 Å². The molecule has 1 heterocycles. The number of para-hydroxylation sites is 1. The van der Waals surface area contributed by atoms with Gasteiger partial charge in [-0.05, 0) is 43.8 Å². The lowest BCUT2D eigenvalue weighted by atomic mass is 10.1. The Morgan fingerprint density at radius 1 is 0.914 bits per heavy atom. The van der Waals surface area contributed by atoms with Crippen LogP contribution in [0.15, 0.2) is 29.4 Å².